The number of rotatable bonds is 5. The molecule has 0 amide bonds. The van der Waals surface area contributed by atoms with E-state index in [9.17, 15) is 5.26 Å². The second-order valence-electron chi connectivity index (χ2n) is 15.9. The van der Waals surface area contributed by atoms with Gasteiger partial charge >= 0.3 is 0 Å². The number of hydrogen-bond acceptors (Lipinski definition) is 4. The van der Waals surface area contributed by atoms with Crippen molar-refractivity contribution in [1.82, 2.24) is 9.97 Å². The van der Waals surface area contributed by atoms with Gasteiger partial charge < -0.3 is 4.74 Å². The van der Waals surface area contributed by atoms with E-state index in [0.717, 1.165) is 89.3 Å². The number of hydrogen-bond donors (Lipinski definition) is 0. The topological polar surface area (TPSA) is 58.8 Å². The average Bonchev–Trinajstić information content (AvgIpc) is 3.64. The Labute approximate surface area is 359 Å². The number of nitrogens with zero attached hydrogens (tertiary/aromatic N) is 3. The van der Waals surface area contributed by atoms with E-state index in [1.165, 1.54) is 16.7 Å². The van der Waals surface area contributed by atoms with E-state index < -0.39 is 5.41 Å². The highest BCUT2D eigenvalue weighted by molar-refractivity contribution is 6.09. The number of fused-ring (bicyclic) bond motifs is 10. The molecule has 288 valence electrons. The van der Waals surface area contributed by atoms with Crippen LogP contribution < -0.4 is 4.74 Å². The van der Waals surface area contributed by atoms with Gasteiger partial charge in [0.05, 0.1) is 28.4 Å². The summed E-state index contributed by atoms with van der Waals surface area (Å²) in [6, 6.07) is 76.7. The van der Waals surface area contributed by atoms with E-state index in [1.807, 2.05) is 36.4 Å². The van der Waals surface area contributed by atoms with Gasteiger partial charge in [-0.25, -0.2) is 9.97 Å². The molecule has 0 bridgehead atoms. The lowest BCUT2D eigenvalue weighted by Gasteiger charge is -2.39. The lowest BCUT2D eigenvalue weighted by atomic mass is 9.66. The lowest BCUT2D eigenvalue weighted by molar-refractivity contribution is 0.436. The van der Waals surface area contributed by atoms with Crippen molar-refractivity contribution >= 4 is 10.8 Å². The van der Waals surface area contributed by atoms with Crippen LogP contribution in [0.3, 0.4) is 0 Å². The van der Waals surface area contributed by atoms with Crippen LogP contribution in [-0.2, 0) is 5.41 Å². The summed E-state index contributed by atoms with van der Waals surface area (Å²) in [5.41, 5.74) is 16.1. The summed E-state index contributed by atoms with van der Waals surface area (Å²) in [7, 11) is 0. The van der Waals surface area contributed by atoms with Crippen LogP contribution in [0.25, 0.3) is 78.1 Å². The summed E-state index contributed by atoms with van der Waals surface area (Å²) in [5, 5.41) is 11.8. The van der Waals surface area contributed by atoms with Crippen molar-refractivity contribution in [3.8, 4) is 84.9 Å². The standard InChI is InChI=1S/C58H35N3O/c59-36-37-26-28-38(29-27-37)42-31-32-45(44-19-8-7-18-43(42)44)46-20-13-23-51-56(46)47-34-41(57-60-52(39-14-3-1-4-15-39)35-53(61-57)40-16-5-2-6-17-40)30-33-48(47)58(51)49-21-9-11-24-54(49)62-55-25-12-10-22-50(55)58/h1-35H. The molecular formula is C58H35N3O. The minimum absolute atomic E-state index is 0.645. The van der Waals surface area contributed by atoms with Crippen molar-refractivity contribution in [2.45, 2.75) is 5.41 Å². The average molecular weight is 790 g/mol. The molecule has 0 radical (unpaired) electrons. The van der Waals surface area contributed by atoms with Gasteiger partial charge in [-0.3, -0.25) is 0 Å². The van der Waals surface area contributed by atoms with Crippen molar-refractivity contribution in [1.29, 1.82) is 5.26 Å². The molecule has 0 atom stereocenters. The van der Waals surface area contributed by atoms with Crippen LogP contribution in [0, 0.1) is 11.3 Å². The van der Waals surface area contributed by atoms with Gasteiger partial charge in [0.25, 0.3) is 0 Å². The molecule has 62 heavy (non-hydrogen) atoms. The maximum atomic E-state index is 9.52. The summed E-state index contributed by atoms with van der Waals surface area (Å²) in [5.74, 6) is 2.36. The summed E-state index contributed by atoms with van der Waals surface area (Å²) < 4.78 is 6.70. The molecule has 9 aromatic carbocycles. The highest BCUT2D eigenvalue weighted by Crippen LogP contribution is 2.64. The predicted octanol–water partition coefficient (Wildman–Crippen LogP) is 14.3. The molecule has 1 aliphatic carbocycles. The molecule has 0 fully saturated rings. The zero-order valence-corrected chi connectivity index (χ0v) is 33.5. The minimum Gasteiger partial charge on any atom is -0.457 e. The van der Waals surface area contributed by atoms with Crippen LogP contribution in [0.4, 0.5) is 0 Å². The highest BCUT2D eigenvalue weighted by atomic mass is 16.5. The molecule has 4 nitrogen and oxygen atoms in total. The summed E-state index contributed by atoms with van der Waals surface area (Å²) in [6.45, 7) is 0. The first-order valence-corrected chi connectivity index (χ1v) is 20.9. The van der Waals surface area contributed by atoms with E-state index in [0.29, 0.717) is 11.4 Å². The largest absolute Gasteiger partial charge is 0.457 e. The van der Waals surface area contributed by atoms with E-state index in [2.05, 4.69) is 182 Å². The molecule has 2 aliphatic rings. The van der Waals surface area contributed by atoms with Crippen molar-refractivity contribution in [2.24, 2.45) is 0 Å². The maximum Gasteiger partial charge on any atom is 0.160 e. The third kappa shape index (κ3) is 5.39. The van der Waals surface area contributed by atoms with Crippen molar-refractivity contribution < 1.29 is 4.74 Å². The molecule has 0 N–H and O–H groups in total. The Balaban J connectivity index is 1.15. The van der Waals surface area contributed by atoms with E-state index >= 15 is 0 Å². The van der Waals surface area contributed by atoms with Crippen LogP contribution in [0.1, 0.15) is 27.8 Å². The van der Waals surface area contributed by atoms with Gasteiger partial charge in [0.2, 0.25) is 0 Å². The molecule has 0 unspecified atom stereocenters. The minimum atomic E-state index is -0.662. The molecule has 0 saturated carbocycles. The first-order chi connectivity index (χ1) is 30.7. The smallest absolute Gasteiger partial charge is 0.160 e. The van der Waals surface area contributed by atoms with Gasteiger partial charge in [0.15, 0.2) is 5.82 Å². The number of benzene rings is 9. The fourth-order valence-corrected chi connectivity index (χ4v) is 9.92. The maximum absolute atomic E-state index is 9.52. The Morgan fingerprint density at radius 3 is 1.58 bits per heavy atom. The zero-order chi connectivity index (χ0) is 41.2. The molecule has 2 heterocycles. The first kappa shape index (κ1) is 35.5. The van der Waals surface area contributed by atoms with Crippen molar-refractivity contribution in [2.75, 3.05) is 0 Å². The van der Waals surface area contributed by atoms with Crippen LogP contribution in [-0.4, -0.2) is 9.97 Å². The van der Waals surface area contributed by atoms with E-state index in [-0.39, 0.29) is 0 Å². The van der Waals surface area contributed by atoms with Gasteiger partial charge in [-0.05, 0) is 91.7 Å². The molecular weight excluding hydrogens is 755 g/mol. The Hall–Kier alpha value is -8.39. The second-order valence-corrected chi connectivity index (χ2v) is 15.9. The number of aromatic nitrogens is 2. The first-order valence-electron chi connectivity index (χ1n) is 20.9. The number of para-hydroxylation sites is 2. The molecule has 1 aromatic heterocycles. The van der Waals surface area contributed by atoms with Crippen LogP contribution in [0.2, 0.25) is 0 Å². The zero-order valence-electron chi connectivity index (χ0n) is 33.5. The Morgan fingerprint density at radius 2 is 0.935 bits per heavy atom. The number of nitriles is 1. The van der Waals surface area contributed by atoms with Gasteiger partial charge in [0.1, 0.15) is 11.5 Å². The van der Waals surface area contributed by atoms with Gasteiger partial charge in [-0.1, -0.05) is 176 Å². The van der Waals surface area contributed by atoms with Crippen molar-refractivity contribution in [3.05, 3.63) is 240 Å². The third-order valence-electron chi connectivity index (χ3n) is 12.6. The Morgan fingerprint density at radius 1 is 0.387 bits per heavy atom. The summed E-state index contributed by atoms with van der Waals surface area (Å²) in [4.78, 5) is 10.6. The fraction of sp³-hybridized carbons (Fsp3) is 0.0172. The van der Waals surface area contributed by atoms with Crippen LogP contribution in [0.5, 0.6) is 11.5 Å². The van der Waals surface area contributed by atoms with Gasteiger partial charge in [-0.2, -0.15) is 5.26 Å². The fourth-order valence-electron chi connectivity index (χ4n) is 9.92. The van der Waals surface area contributed by atoms with Crippen LogP contribution in [0.15, 0.2) is 212 Å². The Kier molecular flexibility index (Phi) is 8.10. The quantitative estimate of drug-likeness (QED) is 0.174. The third-order valence-corrected chi connectivity index (χ3v) is 12.6. The molecule has 12 rings (SSSR count). The SMILES string of the molecule is N#Cc1ccc(-c2ccc(-c3cccc4c3-c3cc(-c5nc(-c6ccccc6)cc(-c6ccccc6)n5)ccc3C43c4ccccc4Oc4ccccc43)c3ccccc23)cc1. The molecule has 4 heteroatoms. The van der Waals surface area contributed by atoms with Crippen LogP contribution >= 0.6 is 0 Å². The molecule has 1 spiro atoms. The Bertz CT molecular complexity index is 3340. The number of ether oxygens (including phenoxy) is 1. The highest BCUT2D eigenvalue weighted by Gasteiger charge is 2.51. The van der Waals surface area contributed by atoms with Crippen molar-refractivity contribution in [3.63, 3.8) is 0 Å². The van der Waals surface area contributed by atoms with E-state index in [4.69, 9.17) is 14.7 Å². The predicted molar refractivity (Wildman–Crippen MR) is 249 cm³/mol. The lowest BCUT2D eigenvalue weighted by Crippen LogP contribution is -2.32. The monoisotopic (exact) mass is 789 g/mol. The molecule has 10 aromatic rings. The van der Waals surface area contributed by atoms with Gasteiger partial charge in [0, 0.05) is 27.8 Å². The molecule has 0 saturated heterocycles. The summed E-state index contributed by atoms with van der Waals surface area (Å²) >= 11 is 0. The van der Waals surface area contributed by atoms with E-state index in [1.54, 1.807) is 0 Å². The molecule has 1 aliphatic heterocycles. The van der Waals surface area contributed by atoms with Gasteiger partial charge in [-0.15, -0.1) is 0 Å². The normalized spacial score (nSPS) is 12.8. The second kappa shape index (κ2) is 14.1. The summed E-state index contributed by atoms with van der Waals surface area (Å²) in [6.07, 6.45) is 0.